The summed E-state index contributed by atoms with van der Waals surface area (Å²) in [6.45, 7) is 0.285. The van der Waals surface area contributed by atoms with Gasteiger partial charge in [0.2, 0.25) is 5.78 Å². The van der Waals surface area contributed by atoms with E-state index in [-0.39, 0.29) is 12.3 Å². The van der Waals surface area contributed by atoms with Crippen LogP contribution >= 0.6 is 15.9 Å². The van der Waals surface area contributed by atoms with Gasteiger partial charge in [-0.2, -0.15) is 0 Å². The van der Waals surface area contributed by atoms with Crippen molar-refractivity contribution in [1.29, 1.82) is 0 Å². The lowest BCUT2D eigenvalue weighted by Gasteiger charge is -2.03. The zero-order chi connectivity index (χ0) is 12.5. The molecule has 0 atom stereocenters. The molecule has 0 bridgehead atoms. The lowest BCUT2D eigenvalue weighted by Crippen LogP contribution is -2.08. The second-order valence-corrected chi connectivity index (χ2v) is 4.87. The van der Waals surface area contributed by atoms with Crippen molar-refractivity contribution in [1.82, 2.24) is 4.57 Å². The minimum atomic E-state index is -0.0301. The molecule has 1 aromatic carbocycles. The number of aromatic nitrogens is 1. The van der Waals surface area contributed by atoms with Gasteiger partial charge in [0, 0.05) is 21.6 Å². The minimum absolute atomic E-state index is 0.0301. The van der Waals surface area contributed by atoms with Gasteiger partial charge in [0.1, 0.15) is 0 Å². The fourth-order valence-electron chi connectivity index (χ4n) is 1.99. The highest BCUT2D eigenvalue weighted by molar-refractivity contribution is 9.10. The van der Waals surface area contributed by atoms with Gasteiger partial charge >= 0.3 is 0 Å². The van der Waals surface area contributed by atoms with Crippen LogP contribution in [0.25, 0.3) is 10.9 Å². The van der Waals surface area contributed by atoms with Gasteiger partial charge in [-0.1, -0.05) is 22.0 Å². The van der Waals surface area contributed by atoms with Crippen LogP contribution in [-0.4, -0.2) is 10.4 Å². The summed E-state index contributed by atoms with van der Waals surface area (Å²) in [6, 6.07) is 11.3. The van der Waals surface area contributed by atoms with Crippen LogP contribution in [0.1, 0.15) is 10.6 Å². The standard InChI is InChI=1S/C14H10BrNO2/c15-11-3-1-4-12-10(11)6-7-16(12)9-13(17)14-5-2-8-18-14/h1-8H,9H2. The number of hydrogen-bond acceptors (Lipinski definition) is 2. The van der Waals surface area contributed by atoms with E-state index in [0.29, 0.717) is 5.76 Å². The van der Waals surface area contributed by atoms with E-state index >= 15 is 0 Å². The Balaban J connectivity index is 1.96. The highest BCUT2D eigenvalue weighted by Gasteiger charge is 2.11. The Bertz CT molecular complexity index is 698. The number of carbonyl (C=O) groups excluding carboxylic acids is 1. The third-order valence-electron chi connectivity index (χ3n) is 2.87. The molecule has 90 valence electrons. The van der Waals surface area contributed by atoms with Crippen molar-refractivity contribution in [2.24, 2.45) is 0 Å². The number of nitrogens with zero attached hydrogens (tertiary/aromatic N) is 1. The molecule has 0 aliphatic carbocycles. The predicted octanol–water partition coefficient (Wildman–Crippen LogP) is 3.88. The summed E-state index contributed by atoms with van der Waals surface area (Å²) >= 11 is 3.50. The third kappa shape index (κ3) is 1.88. The maximum atomic E-state index is 12.0. The first kappa shape index (κ1) is 11.3. The Labute approximate surface area is 112 Å². The average Bonchev–Trinajstić information content (AvgIpc) is 2.99. The van der Waals surface area contributed by atoms with Crippen molar-refractivity contribution in [3.63, 3.8) is 0 Å². The van der Waals surface area contributed by atoms with E-state index in [1.807, 2.05) is 35.0 Å². The topological polar surface area (TPSA) is 35.1 Å². The number of fused-ring (bicyclic) bond motifs is 1. The van der Waals surface area contributed by atoms with Crippen molar-refractivity contribution in [2.45, 2.75) is 6.54 Å². The molecule has 2 heterocycles. The number of furan rings is 1. The van der Waals surface area contributed by atoms with Gasteiger partial charge in [-0.25, -0.2) is 0 Å². The molecule has 18 heavy (non-hydrogen) atoms. The summed E-state index contributed by atoms with van der Waals surface area (Å²) in [5.74, 6) is 0.365. The van der Waals surface area contributed by atoms with Crippen molar-refractivity contribution in [2.75, 3.05) is 0 Å². The summed E-state index contributed by atoms with van der Waals surface area (Å²) in [5.41, 5.74) is 1.03. The summed E-state index contributed by atoms with van der Waals surface area (Å²) < 4.78 is 8.06. The Morgan fingerprint density at radius 3 is 2.89 bits per heavy atom. The minimum Gasteiger partial charge on any atom is -0.461 e. The van der Waals surface area contributed by atoms with Gasteiger partial charge in [-0.15, -0.1) is 0 Å². The zero-order valence-electron chi connectivity index (χ0n) is 9.47. The number of Topliss-reactive ketones (excluding diaryl/α,β-unsaturated/α-hetero) is 1. The average molecular weight is 304 g/mol. The van der Waals surface area contributed by atoms with Gasteiger partial charge in [-0.05, 0) is 30.3 Å². The van der Waals surface area contributed by atoms with Crippen molar-refractivity contribution >= 4 is 32.6 Å². The summed E-state index contributed by atoms with van der Waals surface area (Å²) in [6.07, 6.45) is 3.42. The molecule has 0 aliphatic rings. The lowest BCUT2D eigenvalue weighted by atomic mass is 10.2. The maximum Gasteiger partial charge on any atom is 0.217 e. The molecule has 0 aliphatic heterocycles. The fourth-order valence-corrected chi connectivity index (χ4v) is 2.48. The largest absolute Gasteiger partial charge is 0.461 e. The number of ketones is 1. The molecular formula is C14H10BrNO2. The Morgan fingerprint density at radius 1 is 1.22 bits per heavy atom. The SMILES string of the molecule is O=C(Cn1ccc2c(Br)cccc21)c1ccco1. The highest BCUT2D eigenvalue weighted by atomic mass is 79.9. The van der Waals surface area contributed by atoms with E-state index in [0.717, 1.165) is 15.4 Å². The molecule has 0 saturated carbocycles. The number of hydrogen-bond donors (Lipinski definition) is 0. The van der Waals surface area contributed by atoms with E-state index in [4.69, 9.17) is 4.42 Å². The van der Waals surface area contributed by atoms with Crippen LogP contribution in [0.3, 0.4) is 0 Å². The normalized spacial score (nSPS) is 10.9. The molecule has 0 amide bonds. The Morgan fingerprint density at radius 2 is 2.11 bits per heavy atom. The second kappa shape index (κ2) is 4.46. The van der Waals surface area contributed by atoms with E-state index in [1.54, 1.807) is 12.1 Å². The molecule has 4 heteroatoms. The quantitative estimate of drug-likeness (QED) is 0.688. The molecule has 0 unspecified atom stereocenters. The molecule has 2 aromatic heterocycles. The van der Waals surface area contributed by atoms with Crippen LogP contribution in [-0.2, 0) is 6.54 Å². The Kier molecular flexibility index (Phi) is 2.80. The van der Waals surface area contributed by atoms with Crippen LogP contribution in [0.2, 0.25) is 0 Å². The summed E-state index contributed by atoms with van der Waals surface area (Å²) in [5, 5.41) is 1.10. The Hall–Kier alpha value is -1.81. The number of rotatable bonds is 3. The third-order valence-corrected chi connectivity index (χ3v) is 3.56. The highest BCUT2D eigenvalue weighted by Crippen LogP contribution is 2.24. The molecule has 0 spiro atoms. The molecule has 3 nitrogen and oxygen atoms in total. The van der Waals surface area contributed by atoms with Crippen LogP contribution in [0, 0.1) is 0 Å². The second-order valence-electron chi connectivity index (χ2n) is 4.02. The first-order valence-corrected chi connectivity index (χ1v) is 6.35. The fraction of sp³-hybridized carbons (Fsp3) is 0.0714. The summed E-state index contributed by atoms with van der Waals surface area (Å²) in [4.78, 5) is 12.0. The smallest absolute Gasteiger partial charge is 0.217 e. The molecule has 0 fully saturated rings. The molecular weight excluding hydrogens is 294 g/mol. The van der Waals surface area contributed by atoms with Crippen molar-refractivity contribution in [3.05, 3.63) is 59.1 Å². The van der Waals surface area contributed by atoms with Crippen molar-refractivity contribution < 1.29 is 9.21 Å². The molecule has 0 saturated heterocycles. The molecule has 3 aromatic rings. The van der Waals surface area contributed by atoms with Crippen LogP contribution in [0.15, 0.2) is 57.7 Å². The van der Waals surface area contributed by atoms with E-state index in [9.17, 15) is 4.79 Å². The van der Waals surface area contributed by atoms with Gasteiger partial charge in [0.05, 0.1) is 12.8 Å². The first-order valence-electron chi connectivity index (χ1n) is 5.56. The van der Waals surface area contributed by atoms with Gasteiger partial charge in [0.15, 0.2) is 5.76 Å². The predicted molar refractivity (Wildman–Crippen MR) is 72.7 cm³/mol. The number of benzene rings is 1. The zero-order valence-corrected chi connectivity index (χ0v) is 11.1. The van der Waals surface area contributed by atoms with Crippen LogP contribution < -0.4 is 0 Å². The van der Waals surface area contributed by atoms with Gasteiger partial charge in [-0.3, -0.25) is 4.79 Å². The van der Waals surface area contributed by atoms with E-state index in [2.05, 4.69) is 15.9 Å². The van der Waals surface area contributed by atoms with E-state index in [1.165, 1.54) is 6.26 Å². The van der Waals surface area contributed by atoms with Gasteiger partial charge in [0.25, 0.3) is 0 Å². The van der Waals surface area contributed by atoms with Crippen LogP contribution in [0.4, 0.5) is 0 Å². The monoisotopic (exact) mass is 303 g/mol. The molecule has 0 N–H and O–H groups in total. The van der Waals surface area contributed by atoms with Gasteiger partial charge < -0.3 is 8.98 Å². The number of halogens is 1. The van der Waals surface area contributed by atoms with Crippen molar-refractivity contribution in [3.8, 4) is 0 Å². The number of carbonyl (C=O) groups is 1. The summed E-state index contributed by atoms with van der Waals surface area (Å²) in [7, 11) is 0. The van der Waals surface area contributed by atoms with Crippen LogP contribution in [0.5, 0.6) is 0 Å². The first-order chi connectivity index (χ1) is 8.75. The molecule has 0 radical (unpaired) electrons. The lowest BCUT2D eigenvalue weighted by molar-refractivity contribution is 0.0946. The molecule has 3 rings (SSSR count). The maximum absolute atomic E-state index is 12.0. The van der Waals surface area contributed by atoms with E-state index < -0.39 is 0 Å².